The zero-order valence-electron chi connectivity index (χ0n) is 16.3. The second-order valence-electron chi connectivity index (χ2n) is 7.22. The van der Waals surface area contributed by atoms with Gasteiger partial charge in [0, 0.05) is 54.5 Å². The zero-order chi connectivity index (χ0) is 17.5. The minimum atomic E-state index is -0.817. The van der Waals surface area contributed by atoms with E-state index in [1.165, 1.54) is 13.0 Å². The maximum atomic E-state index is 12.1. The van der Waals surface area contributed by atoms with Crippen molar-refractivity contribution in [2.45, 2.75) is 45.8 Å². The molecule has 0 bridgehead atoms. The van der Waals surface area contributed by atoms with E-state index >= 15 is 0 Å². The minimum Gasteiger partial charge on any atom is -0.355 e. The molecule has 1 rings (SSSR count). The molecule has 144 valence electrons. The normalized spacial score (nSPS) is 20.2. The minimum absolute atomic E-state index is 0. The molecule has 1 fully saturated rings. The molecule has 0 aromatic rings. The van der Waals surface area contributed by atoms with Gasteiger partial charge < -0.3 is 15.1 Å². The van der Waals surface area contributed by atoms with Crippen molar-refractivity contribution in [3.05, 3.63) is 0 Å². The molecular formula is C17H37IN4OS. The van der Waals surface area contributed by atoms with Crippen molar-refractivity contribution in [3.8, 4) is 0 Å². The summed E-state index contributed by atoms with van der Waals surface area (Å²) in [5.74, 6) is 2.34. The Morgan fingerprint density at radius 2 is 1.96 bits per heavy atom. The standard InChI is InChI=1S/C17H36N4OS.HI/c1-7-20(8-2)13-15-9-11-21(14-15)16(18-6)19-10-12-23(22)17(3,4)5;/h15H,7-14H2,1-6H3,(H,18,19);1H. The summed E-state index contributed by atoms with van der Waals surface area (Å²) < 4.78 is 12.0. The van der Waals surface area contributed by atoms with Gasteiger partial charge in [-0.15, -0.1) is 24.0 Å². The predicted octanol–water partition coefficient (Wildman–Crippen LogP) is 2.39. The Morgan fingerprint density at radius 1 is 1.33 bits per heavy atom. The van der Waals surface area contributed by atoms with Gasteiger partial charge in [-0.05, 0) is 46.2 Å². The van der Waals surface area contributed by atoms with Crippen LogP contribution in [0.25, 0.3) is 0 Å². The lowest BCUT2D eigenvalue weighted by Crippen LogP contribution is -2.42. The van der Waals surface area contributed by atoms with Gasteiger partial charge in [0.25, 0.3) is 0 Å². The summed E-state index contributed by atoms with van der Waals surface area (Å²) in [6, 6.07) is 0. The summed E-state index contributed by atoms with van der Waals surface area (Å²) in [5.41, 5.74) is 0. The number of rotatable bonds is 7. The molecule has 24 heavy (non-hydrogen) atoms. The second kappa shape index (κ2) is 11.7. The summed E-state index contributed by atoms with van der Waals surface area (Å²) in [5, 5.41) is 3.39. The lowest BCUT2D eigenvalue weighted by molar-refractivity contribution is 0.255. The molecule has 2 unspecified atom stereocenters. The molecule has 0 aliphatic carbocycles. The van der Waals surface area contributed by atoms with Crippen LogP contribution in [0.3, 0.4) is 0 Å². The Kier molecular flexibility index (Phi) is 11.7. The van der Waals surface area contributed by atoms with Crippen molar-refractivity contribution in [3.63, 3.8) is 0 Å². The van der Waals surface area contributed by atoms with Crippen LogP contribution in [0.1, 0.15) is 41.0 Å². The van der Waals surface area contributed by atoms with E-state index in [1.54, 1.807) is 0 Å². The number of guanidine groups is 1. The first-order valence-electron chi connectivity index (χ1n) is 8.88. The van der Waals surface area contributed by atoms with Gasteiger partial charge in [-0.2, -0.15) is 0 Å². The van der Waals surface area contributed by atoms with Crippen LogP contribution in [0.15, 0.2) is 4.99 Å². The Morgan fingerprint density at radius 3 is 2.46 bits per heavy atom. The van der Waals surface area contributed by atoms with Crippen LogP contribution in [-0.2, 0) is 10.8 Å². The Balaban J connectivity index is 0.00000529. The molecule has 1 heterocycles. The van der Waals surface area contributed by atoms with Crippen molar-refractivity contribution < 1.29 is 4.21 Å². The third kappa shape index (κ3) is 7.99. The lowest BCUT2D eigenvalue weighted by atomic mass is 10.1. The number of nitrogens with zero attached hydrogens (tertiary/aromatic N) is 3. The molecule has 5 nitrogen and oxygen atoms in total. The highest BCUT2D eigenvalue weighted by molar-refractivity contribution is 14.0. The first-order valence-corrected chi connectivity index (χ1v) is 10.2. The van der Waals surface area contributed by atoms with Gasteiger partial charge >= 0.3 is 0 Å². The van der Waals surface area contributed by atoms with Crippen molar-refractivity contribution in [2.24, 2.45) is 10.9 Å². The van der Waals surface area contributed by atoms with Crippen molar-refractivity contribution in [1.82, 2.24) is 15.1 Å². The predicted molar refractivity (Wildman–Crippen MR) is 117 cm³/mol. The number of halogens is 1. The van der Waals surface area contributed by atoms with Gasteiger partial charge in [-0.25, -0.2) is 0 Å². The molecule has 2 atom stereocenters. The van der Waals surface area contributed by atoms with E-state index in [2.05, 4.69) is 34.0 Å². The van der Waals surface area contributed by atoms with Crippen LogP contribution < -0.4 is 5.32 Å². The summed E-state index contributed by atoms with van der Waals surface area (Å²) in [4.78, 5) is 9.24. The third-order valence-corrected chi connectivity index (χ3v) is 6.40. The van der Waals surface area contributed by atoms with Crippen molar-refractivity contribution >= 4 is 40.7 Å². The number of hydrogen-bond donors (Lipinski definition) is 1. The summed E-state index contributed by atoms with van der Waals surface area (Å²) >= 11 is 0. The monoisotopic (exact) mass is 472 g/mol. The maximum absolute atomic E-state index is 12.1. The molecular weight excluding hydrogens is 435 g/mol. The third-order valence-electron chi connectivity index (χ3n) is 4.46. The fraction of sp³-hybridized carbons (Fsp3) is 0.941. The summed E-state index contributed by atoms with van der Waals surface area (Å²) in [6.07, 6.45) is 1.23. The number of nitrogens with one attached hydrogen (secondary N) is 1. The second-order valence-corrected chi connectivity index (χ2v) is 9.55. The van der Waals surface area contributed by atoms with E-state index in [0.717, 1.165) is 38.1 Å². The average molecular weight is 472 g/mol. The fourth-order valence-electron chi connectivity index (χ4n) is 2.92. The van der Waals surface area contributed by atoms with Crippen LogP contribution in [0, 0.1) is 5.92 Å². The van der Waals surface area contributed by atoms with Crippen LogP contribution in [0.2, 0.25) is 0 Å². The molecule has 7 heteroatoms. The Bertz CT molecular complexity index is 408. The molecule has 1 aliphatic heterocycles. The Labute approximate surface area is 168 Å². The largest absolute Gasteiger partial charge is 0.355 e. The van der Waals surface area contributed by atoms with Gasteiger partial charge in [0.1, 0.15) is 0 Å². The topological polar surface area (TPSA) is 47.9 Å². The van der Waals surface area contributed by atoms with Crippen LogP contribution in [-0.4, -0.2) is 76.8 Å². The van der Waals surface area contributed by atoms with E-state index in [9.17, 15) is 4.21 Å². The molecule has 0 radical (unpaired) electrons. The highest BCUT2D eigenvalue weighted by Crippen LogP contribution is 2.17. The van der Waals surface area contributed by atoms with E-state index in [0.29, 0.717) is 12.3 Å². The molecule has 1 saturated heterocycles. The van der Waals surface area contributed by atoms with Crippen LogP contribution in [0.5, 0.6) is 0 Å². The van der Waals surface area contributed by atoms with E-state index in [4.69, 9.17) is 0 Å². The van der Waals surface area contributed by atoms with Gasteiger partial charge in [0.15, 0.2) is 5.96 Å². The first-order chi connectivity index (χ1) is 10.8. The molecule has 0 aromatic carbocycles. The molecule has 0 spiro atoms. The van der Waals surface area contributed by atoms with Crippen LogP contribution >= 0.6 is 24.0 Å². The van der Waals surface area contributed by atoms with E-state index < -0.39 is 10.8 Å². The van der Waals surface area contributed by atoms with Gasteiger partial charge in [0.05, 0.1) is 0 Å². The Hall–Kier alpha value is 0.110. The smallest absolute Gasteiger partial charge is 0.193 e. The van der Waals surface area contributed by atoms with Crippen molar-refractivity contribution in [2.75, 3.05) is 52.1 Å². The van der Waals surface area contributed by atoms with Gasteiger partial charge in [-0.3, -0.25) is 9.20 Å². The van der Waals surface area contributed by atoms with Crippen LogP contribution in [0.4, 0.5) is 0 Å². The maximum Gasteiger partial charge on any atom is 0.193 e. The van der Waals surface area contributed by atoms with Gasteiger partial charge in [-0.1, -0.05) is 13.8 Å². The quantitative estimate of drug-likeness (QED) is 0.351. The fourth-order valence-corrected chi connectivity index (χ4v) is 3.81. The summed E-state index contributed by atoms with van der Waals surface area (Å²) in [6.45, 7) is 16.8. The molecule has 0 aromatic heterocycles. The lowest BCUT2D eigenvalue weighted by Gasteiger charge is -2.25. The number of hydrogen-bond acceptors (Lipinski definition) is 3. The number of aliphatic imine (C=N–C) groups is 1. The SMILES string of the molecule is CCN(CC)CC1CCN(C(=NC)NCCS(=O)C(C)(C)C)C1.I. The zero-order valence-corrected chi connectivity index (χ0v) is 19.4. The van der Waals surface area contributed by atoms with Crippen molar-refractivity contribution in [1.29, 1.82) is 0 Å². The number of likely N-dealkylation sites (tertiary alicyclic amines) is 1. The molecule has 0 saturated carbocycles. The first kappa shape index (κ1) is 24.1. The van der Waals surface area contributed by atoms with E-state index in [1.807, 2.05) is 27.8 Å². The average Bonchev–Trinajstić information content (AvgIpc) is 2.96. The molecule has 1 N–H and O–H groups in total. The molecule has 0 amide bonds. The highest BCUT2D eigenvalue weighted by atomic mass is 127. The van der Waals surface area contributed by atoms with E-state index in [-0.39, 0.29) is 28.7 Å². The summed E-state index contributed by atoms with van der Waals surface area (Å²) in [7, 11) is 1.02. The highest BCUT2D eigenvalue weighted by Gasteiger charge is 2.26. The van der Waals surface area contributed by atoms with Gasteiger partial charge in [0.2, 0.25) is 0 Å². The molecule has 1 aliphatic rings.